The van der Waals surface area contributed by atoms with Gasteiger partial charge in [0.25, 0.3) is 5.91 Å². The maximum absolute atomic E-state index is 12.6. The van der Waals surface area contributed by atoms with Crippen LogP contribution in [0.3, 0.4) is 0 Å². The minimum atomic E-state index is -3.50. The Kier molecular flexibility index (Phi) is 5.99. The van der Waals surface area contributed by atoms with Crippen molar-refractivity contribution in [2.75, 3.05) is 21.1 Å². The third-order valence-corrected chi connectivity index (χ3v) is 4.91. The minimum Gasteiger partial charge on any atom is -0.326 e. The molecular formula is C18H21N3O4S. The van der Waals surface area contributed by atoms with Gasteiger partial charge in [0.2, 0.25) is 15.9 Å². The summed E-state index contributed by atoms with van der Waals surface area (Å²) in [5.41, 5.74) is 2.34. The Morgan fingerprint density at radius 3 is 2.35 bits per heavy atom. The molecule has 0 atom stereocenters. The van der Waals surface area contributed by atoms with Crippen LogP contribution in [0.2, 0.25) is 0 Å². The standard InChI is InChI=1S/C18H21N3O4S/c1-4-26(24,25)21-16-8-6-5-7-15(16)18(23)20-14-10-9-12(2)17(11-14)19-13(3)22/h5-11,21H,4H2,1-3H3,(H,19,22)(H,20,23). The van der Waals surface area contributed by atoms with E-state index < -0.39 is 15.9 Å². The number of hydrogen-bond donors (Lipinski definition) is 3. The number of rotatable bonds is 6. The van der Waals surface area contributed by atoms with E-state index in [9.17, 15) is 18.0 Å². The molecule has 0 fully saturated rings. The molecule has 2 aromatic rings. The van der Waals surface area contributed by atoms with E-state index in [1.165, 1.54) is 26.0 Å². The quantitative estimate of drug-likeness (QED) is 0.722. The molecule has 0 bridgehead atoms. The molecule has 2 amide bonds. The molecule has 0 heterocycles. The van der Waals surface area contributed by atoms with Gasteiger partial charge in [0, 0.05) is 18.3 Å². The third kappa shape index (κ3) is 5.06. The lowest BCUT2D eigenvalue weighted by Gasteiger charge is -2.13. The van der Waals surface area contributed by atoms with Crippen molar-refractivity contribution in [1.82, 2.24) is 0 Å². The van der Waals surface area contributed by atoms with E-state index in [0.29, 0.717) is 11.4 Å². The molecule has 2 aromatic carbocycles. The molecule has 2 rings (SSSR count). The highest BCUT2D eigenvalue weighted by atomic mass is 32.2. The van der Waals surface area contributed by atoms with Gasteiger partial charge < -0.3 is 10.6 Å². The maximum atomic E-state index is 12.6. The minimum absolute atomic E-state index is 0.0962. The summed E-state index contributed by atoms with van der Waals surface area (Å²) in [4.78, 5) is 23.9. The maximum Gasteiger partial charge on any atom is 0.257 e. The van der Waals surface area contributed by atoms with Crippen molar-refractivity contribution in [2.24, 2.45) is 0 Å². The number of aryl methyl sites for hydroxylation is 1. The van der Waals surface area contributed by atoms with Crippen LogP contribution in [0.25, 0.3) is 0 Å². The number of benzene rings is 2. The molecule has 8 heteroatoms. The van der Waals surface area contributed by atoms with Crippen LogP contribution in [-0.2, 0) is 14.8 Å². The first-order valence-electron chi connectivity index (χ1n) is 8.01. The second kappa shape index (κ2) is 8.01. The Morgan fingerprint density at radius 2 is 1.69 bits per heavy atom. The zero-order valence-corrected chi connectivity index (χ0v) is 15.6. The number of nitrogens with one attached hydrogen (secondary N) is 3. The molecule has 0 radical (unpaired) electrons. The fourth-order valence-corrected chi connectivity index (χ4v) is 2.89. The Labute approximate surface area is 152 Å². The molecular weight excluding hydrogens is 354 g/mol. The van der Waals surface area contributed by atoms with E-state index in [0.717, 1.165) is 5.56 Å². The second-order valence-electron chi connectivity index (χ2n) is 5.72. The van der Waals surface area contributed by atoms with Crippen LogP contribution in [0, 0.1) is 6.92 Å². The molecule has 0 saturated carbocycles. The smallest absolute Gasteiger partial charge is 0.257 e. The third-order valence-electron chi connectivity index (χ3n) is 3.62. The highest BCUT2D eigenvalue weighted by Crippen LogP contribution is 2.23. The fraction of sp³-hybridized carbons (Fsp3) is 0.222. The van der Waals surface area contributed by atoms with Crippen molar-refractivity contribution in [2.45, 2.75) is 20.8 Å². The number of carbonyl (C=O) groups is 2. The van der Waals surface area contributed by atoms with Crippen molar-refractivity contribution in [3.8, 4) is 0 Å². The van der Waals surface area contributed by atoms with Gasteiger partial charge in [-0.15, -0.1) is 0 Å². The number of carbonyl (C=O) groups excluding carboxylic acids is 2. The van der Waals surface area contributed by atoms with E-state index in [4.69, 9.17) is 0 Å². The zero-order valence-electron chi connectivity index (χ0n) is 14.8. The highest BCUT2D eigenvalue weighted by Gasteiger charge is 2.15. The largest absolute Gasteiger partial charge is 0.326 e. The number of para-hydroxylation sites is 1. The molecule has 7 nitrogen and oxygen atoms in total. The molecule has 0 aliphatic carbocycles. The molecule has 0 saturated heterocycles. The van der Waals surface area contributed by atoms with E-state index in [2.05, 4.69) is 15.4 Å². The SMILES string of the molecule is CCS(=O)(=O)Nc1ccccc1C(=O)Nc1ccc(C)c(NC(C)=O)c1. The van der Waals surface area contributed by atoms with Gasteiger partial charge in [0.05, 0.1) is 17.0 Å². The van der Waals surface area contributed by atoms with E-state index in [1.54, 1.807) is 30.3 Å². The summed E-state index contributed by atoms with van der Waals surface area (Å²) < 4.78 is 26.0. The number of anilines is 3. The average molecular weight is 375 g/mol. The van der Waals surface area contributed by atoms with Gasteiger partial charge in [-0.3, -0.25) is 14.3 Å². The second-order valence-corrected chi connectivity index (χ2v) is 7.73. The van der Waals surface area contributed by atoms with Crippen LogP contribution in [0.4, 0.5) is 17.1 Å². The molecule has 0 aliphatic heterocycles. The molecule has 26 heavy (non-hydrogen) atoms. The van der Waals surface area contributed by atoms with Gasteiger partial charge in [-0.2, -0.15) is 0 Å². The first kappa shape index (κ1) is 19.5. The highest BCUT2D eigenvalue weighted by molar-refractivity contribution is 7.92. The van der Waals surface area contributed by atoms with E-state index >= 15 is 0 Å². The number of hydrogen-bond acceptors (Lipinski definition) is 4. The van der Waals surface area contributed by atoms with Gasteiger partial charge in [0.1, 0.15) is 0 Å². The summed E-state index contributed by atoms with van der Waals surface area (Å²) in [7, 11) is -3.50. The zero-order chi connectivity index (χ0) is 19.3. The average Bonchev–Trinajstić information content (AvgIpc) is 2.57. The molecule has 0 spiro atoms. The summed E-state index contributed by atoms with van der Waals surface area (Å²) in [6.07, 6.45) is 0. The Bertz CT molecular complexity index is 939. The molecule has 138 valence electrons. The van der Waals surface area contributed by atoms with Gasteiger partial charge in [-0.25, -0.2) is 8.42 Å². The van der Waals surface area contributed by atoms with Crippen molar-refractivity contribution < 1.29 is 18.0 Å². The monoisotopic (exact) mass is 375 g/mol. The van der Waals surface area contributed by atoms with Gasteiger partial charge >= 0.3 is 0 Å². The summed E-state index contributed by atoms with van der Waals surface area (Å²) in [6, 6.07) is 11.5. The van der Waals surface area contributed by atoms with Crippen molar-refractivity contribution in [1.29, 1.82) is 0 Å². The number of amides is 2. The van der Waals surface area contributed by atoms with Crippen LogP contribution in [0.1, 0.15) is 29.8 Å². The Balaban J connectivity index is 2.27. The van der Waals surface area contributed by atoms with Crippen LogP contribution < -0.4 is 15.4 Å². The van der Waals surface area contributed by atoms with Crippen LogP contribution in [0.5, 0.6) is 0 Å². The summed E-state index contributed by atoms with van der Waals surface area (Å²) >= 11 is 0. The first-order valence-corrected chi connectivity index (χ1v) is 9.66. The van der Waals surface area contributed by atoms with Crippen molar-refractivity contribution in [3.63, 3.8) is 0 Å². The molecule has 0 aromatic heterocycles. The predicted molar refractivity (Wildman–Crippen MR) is 103 cm³/mol. The first-order chi connectivity index (χ1) is 12.2. The van der Waals surface area contributed by atoms with Crippen LogP contribution in [0.15, 0.2) is 42.5 Å². The molecule has 0 unspecified atom stereocenters. The van der Waals surface area contributed by atoms with Crippen molar-refractivity contribution in [3.05, 3.63) is 53.6 Å². The van der Waals surface area contributed by atoms with Crippen LogP contribution in [-0.4, -0.2) is 26.0 Å². The summed E-state index contributed by atoms with van der Waals surface area (Å²) in [6.45, 7) is 4.76. The Hall–Kier alpha value is -2.87. The fourth-order valence-electron chi connectivity index (χ4n) is 2.23. The van der Waals surface area contributed by atoms with Gasteiger partial charge in [0.15, 0.2) is 0 Å². The van der Waals surface area contributed by atoms with Gasteiger partial charge in [-0.1, -0.05) is 18.2 Å². The predicted octanol–water partition coefficient (Wildman–Crippen LogP) is 2.97. The van der Waals surface area contributed by atoms with Gasteiger partial charge in [-0.05, 0) is 43.7 Å². The van der Waals surface area contributed by atoms with Crippen molar-refractivity contribution >= 4 is 38.9 Å². The summed E-state index contributed by atoms with van der Waals surface area (Å²) in [5, 5.41) is 5.41. The molecule has 3 N–H and O–H groups in total. The normalized spacial score (nSPS) is 10.9. The topological polar surface area (TPSA) is 104 Å². The lowest BCUT2D eigenvalue weighted by molar-refractivity contribution is -0.114. The summed E-state index contributed by atoms with van der Waals surface area (Å²) in [5.74, 6) is -0.769. The van der Waals surface area contributed by atoms with Crippen LogP contribution >= 0.6 is 0 Å². The van der Waals surface area contributed by atoms with E-state index in [-0.39, 0.29) is 22.9 Å². The number of sulfonamides is 1. The Morgan fingerprint density at radius 1 is 1.00 bits per heavy atom. The lowest BCUT2D eigenvalue weighted by atomic mass is 10.1. The van der Waals surface area contributed by atoms with E-state index in [1.807, 2.05) is 6.92 Å². The lowest BCUT2D eigenvalue weighted by Crippen LogP contribution is -2.19. The molecule has 0 aliphatic rings.